The highest BCUT2D eigenvalue weighted by molar-refractivity contribution is 5.77. The number of amides is 2. The number of aliphatic hydroxyl groups excluding tert-OH is 1. The van der Waals surface area contributed by atoms with E-state index in [0.717, 1.165) is 12.8 Å². The normalized spacial score (nSPS) is 20.5. The number of diazo groups is 1. The molecule has 0 saturated heterocycles. The maximum Gasteiger partial charge on any atom is 0.469 e. The molecule has 1 unspecified atom stereocenters. The summed E-state index contributed by atoms with van der Waals surface area (Å²) in [6, 6.07) is -0.596. The maximum absolute atomic E-state index is 11.0. The van der Waals surface area contributed by atoms with Crippen LogP contribution in [0.1, 0.15) is 19.8 Å². The number of carbonyl (C=O) groups excluding carboxylic acids is 1. The number of hydrogen-bond donors (Lipinski definition) is 3. The summed E-state index contributed by atoms with van der Waals surface area (Å²) in [4.78, 5) is 13.8. The van der Waals surface area contributed by atoms with Gasteiger partial charge >= 0.3 is 11.7 Å². The standard InChI is InChI=1S/C8H12N4O3/c1-2-3-4-15-7-5(12-9)6(13)10-8(14)11-7/h7H,2-4H2,1H3,(H2-,10,11,13,14)/p+1. The molecule has 0 aromatic rings. The summed E-state index contributed by atoms with van der Waals surface area (Å²) in [5, 5.41) is 22.3. The molecule has 15 heavy (non-hydrogen) atoms. The first-order chi connectivity index (χ1) is 7.19. The summed E-state index contributed by atoms with van der Waals surface area (Å²) in [5.41, 5.74) is -0.134. The van der Waals surface area contributed by atoms with Crippen LogP contribution in [-0.4, -0.2) is 24.0 Å². The third kappa shape index (κ3) is 2.82. The molecule has 1 aliphatic rings. The van der Waals surface area contributed by atoms with E-state index in [-0.39, 0.29) is 5.70 Å². The molecule has 0 aliphatic carbocycles. The minimum atomic E-state index is -0.907. The lowest BCUT2D eigenvalue weighted by molar-refractivity contribution is 0.0530. The predicted molar refractivity (Wildman–Crippen MR) is 51.1 cm³/mol. The second-order valence-corrected chi connectivity index (χ2v) is 3.04. The Morgan fingerprint density at radius 3 is 3.00 bits per heavy atom. The Bertz CT molecular complexity index is 320. The second-order valence-electron chi connectivity index (χ2n) is 3.04. The Balaban J connectivity index is 2.65. The average Bonchev–Trinajstić information content (AvgIpc) is 2.17. The van der Waals surface area contributed by atoms with Gasteiger partial charge in [0.15, 0.2) is 4.98 Å². The quantitative estimate of drug-likeness (QED) is 0.479. The van der Waals surface area contributed by atoms with Gasteiger partial charge in [-0.15, -0.1) is 0 Å². The molecule has 2 amide bonds. The van der Waals surface area contributed by atoms with Crippen molar-refractivity contribution >= 4 is 6.03 Å². The zero-order chi connectivity index (χ0) is 11.3. The lowest BCUT2D eigenvalue weighted by Gasteiger charge is -2.17. The number of carbonyl (C=O) groups is 1. The van der Waals surface area contributed by atoms with Crippen LogP contribution in [-0.2, 0) is 4.74 Å². The zero-order valence-corrected chi connectivity index (χ0v) is 8.36. The summed E-state index contributed by atoms with van der Waals surface area (Å²) in [6.45, 7) is 2.41. The fourth-order valence-electron chi connectivity index (χ4n) is 1.09. The van der Waals surface area contributed by atoms with E-state index in [1.165, 1.54) is 0 Å². The van der Waals surface area contributed by atoms with Gasteiger partial charge in [-0.3, -0.25) is 5.32 Å². The molecule has 7 nitrogen and oxygen atoms in total. The van der Waals surface area contributed by atoms with Gasteiger partial charge in [0.25, 0.3) is 5.88 Å². The SMILES string of the molecule is CCCCOC1NC(=O)NC(O)=C1[N+]#N. The van der Waals surface area contributed by atoms with E-state index >= 15 is 0 Å². The van der Waals surface area contributed by atoms with Crippen LogP contribution in [0.2, 0.25) is 0 Å². The summed E-state index contributed by atoms with van der Waals surface area (Å²) < 4.78 is 5.22. The monoisotopic (exact) mass is 213 g/mol. The van der Waals surface area contributed by atoms with Crippen molar-refractivity contribution in [2.24, 2.45) is 0 Å². The van der Waals surface area contributed by atoms with Gasteiger partial charge in [-0.05, 0) is 6.42 Å². The van der Waals surface area contributed by atoms with Crippen LogP contribution in [0.15, 0.2) is 11.6 Å². The van der Waals surface area contributed by atoms with Crippen LogP contribution in [0, 0.1) is 5.39 Å². The van der Waals surface area contributed by atoms with Crippen molar-refractivity contribution in [1.82, 2.24) is 10.6 Å². The largest absolute Gasteiger partial charge is 0.489 e. The lowest BCUT2D eigenvalue weighted by Crippen LogP contribution is -2.49. The number of nitrogens with one attached hydrogen (secondary N) is 2. The Kier molecular flexibility index (Phi) is 3.88. The van der Waals surface area contributed by atoms with E-state index in [1.54, 1.807) is 0 Å². The van der Waals surface area contributed by atoms with Crippen LogP contribution >= 0.6 is 0 Å². The molecule has 1 atom stereocenters. The highest BCUT2D eigenvalue weighted by atomic mass is 16.5. The van der Waals surface area contributed by atoms with Crippen LogP contribution in [0.3, 0.4) is 0 Å². The smallest absolute Gasteiger partial charge is 0.469 e. The molecule has 0 aromatic heterocycles. The number of hydrogen-bond acceptors (Lipinski definition) is 4. The van der Waals surface area contributed by atoms with Crippen molar-refractivity contribution in [3.05, 3.63) is 16.6 Å². The van der Waals surface area contributed by atoms with Crippen molar-refractivity contribution in [3.8, 4) is 0 Å². The van der Waals surface area contributed by atoms with Gasteiger partial charge in [-0.2, -0.15) is 0 Å². The fourth-order valence-corrected chi connectivity index (χ4v) is 1.09. The first-order valence-electron chi connectivity index (χ1n) is 4.66. The Morgan fingerprint density at radius 2 is 2.40 bits per heavy atom. The van der Waals surface area contributed by atoms with Crippen LogP contribution < -0.4 is 10.6 Å². The minimum Gasteiger partial charge on any atom is -0.489 e. The molecule has 1 heterocycles. The predicted octanol–water partition coefficient (Wildman–Crippen LogP) is 1.02. The Morgan fingerprint density at radius 1 is 1.67 bits per heavy atom. The van der Waals surface area contributed by atoms with Crippen molar-refractivity contribution in [2.75, 3.05) is 6.61 Å². The summed E-state index contributed by atoms with van der Waals surface area (Å²) >= 11 is 0. The van der Waals surface area contributed by atoms with E-state index in [0.29, 0.717) is 6.61 Å². The first kappa shape index (κ1) is 11.3. The Labute approximate surface area is 86.7 Å². The van der Waals surface area contributed by atoms with Crippen molar-refractivity contribution in [1.29, 1.82) is 5.39 Å². The number of aliphatic hydroxyl groups is 1. The summed E-state index contributed by atoms with van der Waals surface area (Å²) in [5.74, 6) is -0.497. The molecule has 82 valence electrons. The molecule has 1 aliphatic heterocycles. The van der Waals surface area contributed by atoms with E-state index in [1.807, 2.05) is 6.92 Å². The summed E-state index contributed by atoms with van der Waals surface area (Å²) in [7, 11) is 0. The van der Waals surface area contributed by atoms with Crippen molar-refractivity contribution < 1.29 is 14.6 Å². The number of rotatable bonds is 4. The second kappa shape index (κ2) is 5.17. The van der Waals surface area contributed by atoms with E-state index in [9.17, 15) is 9.90 Å². The van der Waals surface area contributed by atoms with Gasteiger partial charge < -0.3 is 15.2 Å². The molecule has 0 saturated carbocycles. The van der Waals surface area contributed by atoms with Crippen molar-refractivity contribution in [2.45, 2.75) is 26.0 Å². The number of unbranched alkanes of at least 4 members (excludes halogenated alkanes) is 1. The van der Waals surface area contributed by atoms with E-state index < -0.39 is 18.1 Å². The first-order valence-corrected chi connectivity index (χ1v) is 4.66. The fraction of sp³-hybridized carbons (Fsp3) is 0.625. The zero-order valence-electron chi connectivity index (χ0n) is 8.36. The number of ether oxygens (including phenoxy) is 1. The van der Waals surface area contributed by atoms with E-state index in [2.05, 4.69) is 15.6 Å². The van der Waals surface area contributed by atoms with Gasteiger partial charge in [0, 0.05) is 6.61 Å². The average molecular weight is 213 g/mol. The molecule has 3 N–H and O–H groups in total. The third-order valence-corrected chi connectivity index (χ3v) is 1.88. The molecule has 0 radical (unpaired) electrons. The molecule has 7 heteroatoms. The molecular weight excluding hydrogens is 200 g/mol. The van der Waals surface area contributed by atoms with Crippen LogP contribution in [0.4, 0.5) is 4.79 Å². The number of nitrogens with zero attached hydrogens (tertiary/aromatic N) is 2. The molecule has 0 spiro atoms. The van der Waals surface area contributed by atoms with Gasteiger partial charge in [0.1, 0.15) is 0 Å². The molecule has 0 bridgehead atoms. The van der Waals surface area contributed by atoms with Crippen LogP contribution in [0.5, 0.6) is 0 Å². The van der Waals surface area contributed by atoms with Crippen LogP contribution in [0.25, 0.3) is 4.98 Å². The maximum atomic E-state index is 11.0. The van der Waals surface area contributed by atoms with Gasteiger partial charge in [0.05, 0.1) is 0 Å². The highest BCUT2D eigenvalue weighted by Crippen LogP contribution is 2.13. The number of urea groups is 1. The summed E-state index contributed by atoms with van der Waals surface area (Å²) in [6.07, 6.45) is 0.856. The van der Waals surface area contributed by atoms with E-state index in [4.69, 9.17) is 10.1 Å². The van der Waals surface area contributed by atoms with Crippen molar-refractivity contribution in [3.63, 3.8) is 0 Å². The molecule has 1 rings (SSSR count). The molecular formula is C8H13N4O3+. The topological polar surface area (TPSA) is 98.7 Å². The van der Waals surface area contributed by atoms with Gasteiger partial charge in [-0.1, -0.05) is 13.3 Å². The lowest BCUT2D eigenvalue weighted by atomic mass is 10.3. The minimum absolute atomic E-state index is 0.134. The van der Waals surface area contributed by atoms with Gasteiger partial charge in [0.2, 0.25) is 11.6 Å². The third-order valence-electron chi connectivity index (χ3n) is 1.88. The Hall–Kier alpha value is -1.81. The molecule has 0 aromatic carbocycles. The highest BCUT2D eigenvalue weighted by Gasteiger charge is 2.38. The molecule has 0 fully saturated rings. The van der Waals surface area contributed by atoms with Gasteiger partial charge in [-0.25, -0.2) is 4.79 Å².